The molecule has 1 atom stereocenters. The van der Waals surface area contributed by atoms with Gasteiger partial charge in [0, 0.05) is 18.3 Å². The number of fused-ring (bicyclic) bond motifs is 1. The number of nitrogens with zero attached hydrogens (tertiary/aromatic N) is 1. The highest BCUT2D eigenvalue weighted by molar-refractivity contribution is 5.61. The SMILES string of the molecule is CCN1c2cc(C(F)(F)F)ccc2CC1CCCNC. The first-order valence-corrected chi connectivity index (χ1v) is 7.08. The van der Waals surface area contributed by atoms with Gasteiger partial charge < -0.3 is 10.2 Å². The van der Waals surface area contributed by atoms with E-state index in [2.05, 4.69) is 10.2 Å². The van der Waals surface area contributed by atoms with Crippen molar-refractivity contribution in [1.82, 2.24) is 5.32 Å². The second-order valence-electron chi connectivity index (χ2n) is 5.23. The molecule has 1 N–H and O–H groups in total. The lowest BCUT2D eigenvalue weighted by molar-refractivity contribution is -0.137. The normalized spacial score (nSPS) is 18.4. The van der Waals surface area contributed by atoms with Crippen LogP contribution in [0.5, 0.6) is 0 Å². The van der Waals surface area contributed by atoms with Crippen molar-refractivity contribution in [2.45, 2.75) is 38.4 Å². The predicted octanol–water partition coefficient (Wildman–Crippen LogP) is 3.46. The van der Waals surface area contributed by atoms with Gasteiger partial charge in [-0.1, -0.05) is 6.07 Å². The van der Waals surface area contributed by atoms with Crippen molar-refractivity contribution >= 4 is 5.69 Å². The van der Waals surface area contributed by atoms with Gasteiger partial charge in [-0.25, -0.2) is 0 Å². The van der Waals surface area contributed by atoms with E-state index in [0.29, 0.717) is 6.04 Å². The molecular weight excluding hydrogens is 265 g/mol. The van der Waals surface area contributed by atoms with Gasteiger partial charge in [-0.2, -0.15) is 13.2 Å². The number of hydrogen-bond acceptors (Lipinski definition) is 2. The summed E-state index contributed by atoms with van der Waals surface area (Å²) in [5.74, 6) is 0. The zero-order valence-electron chi connectivity index (χ0n) is 11.9. The van der Waals surface area contributed by atoms with Crippen LogP contribution >= 0.6 is 0 Å². The molecule has 1 unspecified atom stereocenters. The van der Waals surface area contributed by atoms with Gasteiger partial charge in [-0.05, 0) is 57.5 Å². The number of hydrogen-bond donors (Lipinski definition) is 1. The zero-order chi connectivity index (χ0) is 14.8. The van der Waals surface area contributed by atoms with Gasteiger partial charge in [-0.3, -0.25) is 0 Å². The third-order valence-corrected chi connectivity index (χ3v) is 3.92. The lowest BCUT2D eigenvalue weighted by atomic mass is 10.0. The second-order valence-corrected chi connectivity index (χ2v) is 5.23. The molecule has 1 aliphatic heterocycles. The van der Waals surface area contributed by atoms with Crippen molar-refractivity contribution in [2.75, 3.05) is 25.0 Å². The third kappa shape index (κ3) is 3.08. The summed E-state index contributed by atoms with van der Waals surface area (Å²) in [6, 6.07) is 4.46. The maximum atomic E-state index is 12.8. The van der Waals surface area contributed by atoms with Crippen LogP contribution < -0.4 is 10.2 Å². The highest BCUT2D eigenvalue weighted by Gasteiger charge is 2.34. The van der Waals surface area contributed by atoms with E-state index in [1.165, 1.54) is 12.1 Å². The number of halogens is 3. The van der Waals surface area contributed by atoms with Crippen molar-refractivity contribution in [3.63, 3.8) is 0 Å². The van der Waals surface area contributed by atoms with Gasteiger partial charge >= 0.3 is 6.18 Å². The highest BCUT2D eigenvalue weighted by atomic mass is 19.4. The topological polar surface area (TPSA) is 15.3 Å². The van der Waals surface area contributed by atoms with Crippen LogP contribution in [-0.4, -0.2) is 26.2 Å². The summed E-state index contributed by atoms with van der Waals surface area (Å²) < 4.78 is 38.4. The molecule has 0 aromatic heterocycles. The molecule has 0 saturated heterocycles. The minimum atomic E-state index is -4.27. The molecule has 112 valence electrons. The molecule has 1 aromatic carbocycles. The Morgan fingerprint density at radius 1 is 1.35 bits per heavy atom. The number of alkyl halides is 3. The minimum absolute atomic E-state index is 0.326. The largest absolute Gasteiger partial charge is 0.416 e. The fourth-order valence-electron chi connectivity index (χ4n) is 2.94. The molecule has 1 aliphatic rings. The number of anilines is 1. The summed E-state index contributed by atoms with van der Waals surface area (Å²) in [6.07, 6.45) is -1.37. The molecular formula is C15H21F3N2. The summed E-state index contributed by atoms with van der Waals surface area (Å²) in [7, 11) is 1.91. The van der Waals surface area contributed by atoms with Gasteiger partial charge in [0.2, 0.25) is 0 Å². The molecule has 0 spiro atoms. The van der Waals surface area contributed by atoms with Crippen LogP contribution in [0, 0.1) is 0 Å². The molecule has 0 saturated carbocycles. The van der Waals surface area contributed by atoms with E-state index in [-0.39, 0.29) is 0 Å². The Bertz CT molecular complexity index is 457. The molecule has 20 heavy (non-hydrogen) atoms. The van der Waals surface area contributed by atoms with Crippen LogP contribution in [0.1, 0.15) is 30.9 Å². The fraction of sp³-hybridized carbons (Fsp3) is 0.600. The molecule has 1 heterocycles. The van der Waals surface area contributed by atoms with Gasteiger partial charge in [0.15, 0.2) is 0 Å². The smallest absolute Gasteiger partial charge is 0.368 e. The molecule has 0 fully saturated rings. The van der Waals surface area contributed by atoms with Gasteiger partial charge in [0.05, 0.1) is 5.56 Å². The zero-order valence-corrected chi connectivity index (χ0v) is 11.9. The first kappa shape index (κ1) is 15.2. The molecule has 0 bridgehead atoms. The third-order valence-electron chi connectivity index (χ3n) is 3.92. The number of nitrogens with one attached hydrogen (secondary N) is 1. The summed E-state index contributed by atoms with van der Waals surface area (Å²) in [5, 5.41) is 3.11. The van der Waals surface area contributed by atoms with Gasteiger partial charge in [0.1, 0.15) is 0 Å². The standard InChI is InChI=1S/C15H21F3N2/c1-3-20-13(5-4-8-19-2)9-11-6-7-12(10-14(11)20)15(16,17)18/h6-7,10,13,19H,3-5,8-9H2,1-2H3. The van der Waals surface area contributed by atoms with Crippen LogP contribution in [0.4, 0.5) is 18.9 Å². The average Bonchev–Trinajstić information content (AvgIpc) is 2.74. The average molecular weight is 286 g/mol. The summed E-state index contributed by atoms with van der Waals surface area (Å²) >= 11 is 0. The summed E-state index contributed by atoms with van der Waals surface area (Å²) in [4.78, 5) is 2.11. The van der Waals surface area contributed by atoms with Gasteiger partial charge in [0.25, 0.3) is 0 Å². The van der Waals surface area contributed by atoms with Crippen molar-refractivity contribution in [1.29, 1.82) is 0 Å². The first-order valence-electron chi connectivity index (χ1n) is 7.08. The summed E-state index contributed by atoms with van der Waals surface area (Å²) in [6.45, 7) is 3.69. The monoisotopic (exact) mass is 286 g/mol. The van der Waals surface area contributed by atoms with E-state index in [4.69, 9.17) is 0 Å². The Morgan fingerprint density at radius 2 is 2.10 bits per heavy atom. The molecule has 1 aromatic rings. The van der Waals surface area contributed by atoms with Crippen molar-refractivity contribution in [3.8, 4) is 0 Å². The van der Waals surface area contributed by atoms with E-state index in [9.17, 15) is 13.2 Å². The van der Waals surface area contributed by atoms with Crippen LogP contribution in [-0.2, 0) is 12.6 Å². The minimum Gasteiger partial charge on any atom is -0.368 e. The van der Waals surface area contributed by atoms with Crippen molar-refractivity contribution in [2.24, 2.45) is 0 Å². The van der Waals surface area contributed by atoms with Crippen molar-refractivity contribution < 1.29 is 13.2 Å². The maximum absolute atomic E-state index is 12.8. The summed E-state index contributed by atoms with van der Waals surface area (Å²) in [5.41, 5.74) is 1.25. The van der Waals surface area contributed by atoms with E-state index in [0.717, 1.165) is 43.6 Å². The number of likely N-dealkylation sites (N-methyl/N-ethyl adjacent to an activating group) is 1. The molecule has 0 amide bonds. The van der Waals surface area contributed by atoms with E-state index in [1.807, 2.05) is 14.0 Å². The molecule has 0 radical (unpaired) electrons. The Hall–Kier alpha value is -1.23. The number of rotatable bonds is 5. The van der Waals surface area contributed by atoms with E-state index < -0.39 is 11.7 Å². The van der Waals surface area contributed by atoms with Crippen molar-refractivity contribution in [3.05, 3.63) is 29.3 Å². The number of benzene rings is 1. The lowest BCUT2D eigenvalue weighted by Gasteiger charge is -2.26. The first-order chi connectivity index (χ1) is 9.47. The Kier molecular flexibility index (Phi) is 4.58. The van der Waals surface area contributed by atoms with Crippen LogP contribution in [0.25, 0.3) is 0 Å². The molecule has 0 aliphatic carbocycles. The maximum Gasteiger partial charge on any atom is 0.416 e. The Balaban J connectivity index is 2.18. The molecule has 5 heteroatoms. The fourth-order valence-corrected chi connectivity index (χ4v) is 2.94. The Morgan fingerprint density at radius 3 is 2.70 bits per heavy atom. The predicted molar refractivity (Wildman–Crippen MR) is 75.1 cm³/mol. The van der Waals surface area contributed by atoms with Crippen LogP contribution in [0.2, 0.25) is 0 Å². The molecule has 2 nitrogen and oxygen atoms in total. The van der Waals surface area contributed by atoms with Crippen LogP contribution in [0.15, 0.2) is 18.2 Å². The van der Waals surface area contributed by atoms with Crippen LogP contribution in [0.3, 0.4) is 0 Å². The highest BCUT2D eigenvalue weighted by Crippen LogP contribution is 2.38. The van der Waals surface area contributed by atoms with Gasteiger partial charge in [-0.15, -0.1) is 0 Å². The Labute approximate surface area is 118 Å². The quantitative estimate of drug-likeness (QED) is 0.834. The lowest BCUT2D eigenvalue weighted by Crippen LogP contribution is -2.32. The van der Waals surface area contributed by atoms with E-state index >= 15 is 0 Å². The second kappa shape index (κ2) is 6.04. The van der Waals surface area contributed by atoms with E-state index in [1.54, 1.807) is 6.07 Å². The molecule has 2 rings (SSSR count).